The molecule has 0 aliphatic heterocycles. The zero-order valence-electron chi connectivity index (χ0n) is 8.41. The van der Waals surface area contributed by atoms with E-state index in [9.17, 15) is 21.6 Å². The van der Waals surface area contributed by atoms with Crippen LogP contribution in [0, 0.1) is 0 Å². The Kier molecular flexibility index (Phi) is 2.89. The SMILES string of the molecule is O=S(=O)(Cl)c1cn(CC(F)(F)F)nc1C1CC1. The lowest BCUT2D eigenvalue weighted by Gasteiger charge is -2.05. The summed E-state index contributed by atoms with van der Waals surface area (Å²) < 4.78 is 59.4. The summed E-state index contributed by atoms with van der Waals surface area (Å²) in [6.07, 6.45) is -2.16. The molecule has 96 valence electrons. The topological polar surface area (TPSA) is 52.0 Å². The summed E-state index contributed by atoms with van der Waals surface area (Å²) in [6, 6.07) is 0. The molecule has 0 N–H and O–H groups in total. The highest BCUT2D eigenvalue weighted by atomic mass is 35.7. The van der Waals surface area contributed by atoms with Crippen LogP contribution in [0.4, 0.5) is 13.2 Å². The van der Waals surface area contributed by atoms with Crippen LogP contribution in [0.25, 0.3) is 0 Å². The number of halogens is 4. The van der Waals surface area contributed by atoms with E-state index >= 15 is 0 Å². The smallest absolute Gasteiger partial charge is 0.262 e. The van der Waals surface area contributed by atoms with E-state index in [1.165, 1.54) is 0 Å². The van der Waals surface area contributed by atoms with Crippen molar-refractivity contribution in [1.29, 1.82) is 0 Å². The second-order valence-electron chi connectivity index (χ2n) is 3.90. The van der Waals surface area contributed by atoms with Crippen LogP contribution in [0.2, 0.25) is 0 Å². The van der Waals surface area contributed by atoms with Gasteiger partial charge in [-0.05, 0) is 12.8 Å². The van der Waals surface area contributed by atoms with Gasteiger partial charge in [-0.3, -0.25) is 4.68 Å². The van der Waals surface area contributed by atoms with Gasteiger partial charge >= 0.3 is 6.18 Å². The molecule has 4 nitrogen and oxygen atoms in total. The maximum absolute atomic E-state index is 12.2. The van der Waals surface area contributed by atoms with Crippen LogP contribution in [0.5, 0.6) is 0 Å². The van der Waals surface area contributed by atoms with Crippen molar-refractivity contribution in [3.63, 3.8) is 0 Å². The first-order valence-corrected chi connectivity index (χ1v) is 7.06. The van der Waals surface area contributed by atoms with E-state index in [0.29, 0.717) is 4.68 Å². The van der Waals surface area contributed by atoms with Gasteiger partial charge in [0.25, 0.3) is 9.05 Å². The molecule has 0 bridgehead atoms. The van der Waals surface area contributed by atoms with E-state index in [1.54, 1.807) is 0 Å². The van der Waals surface area contributed by atoms with Crippen LogP contribution >= 0.6 is 10.7 Å². The Morgan fingerprint density at radius 2 is 2.06 bits per heavy atom. The number of nitrogens with zero attached hydrogens (tertiary/aromatic N) is 2. The molecule has 0 saturated heterocycles. The zero-order chi connectivity index (χ0) is 12.8. The van der Waals surface area contributed by atoms with Crippen molar-refractivity contribution in [3.8, 4) is 0 Å². The van der Waals surface area contributed by atoms with Gasteiger partial charge in [-0.1, -0.05) is 0 Å². The maximum Gasteiger partial charge on any atom is 0.408 e. The zero-order valence-corrected chi connectivity index (χ0v) is 9.98. The summed E-state index contributed by atoms with van der Waals surface area (Å²) in [5.74, 6) is -0.0898. The lowest BCUT2D eigenvalue weighted by atomic mass is 10.3. The second-order valence-corrected chi connectivity index (χ2v) is 6.44. The van der Waals surface area contributed by atoms with Crippen LogP contribution in [-0.4, -0.2) is 24.4 Å². The van der Waals surface area contributed by atoms with Crippen LogP contribution in [0.3, 0.4) is 0 Å². The Labute approximate surface area is 99.8 Å². The minimum Gasteiger partial charge on any atom is -0.262 e. The Bertz CT molecular complexity index is 533. The average molecular weight is 289 g/mol. The fraction of sp³-hybridized carbons (Fsp3) is 0.625. The molecule has 17 heavy (non-hydrogen) atoms. The van der Waals surface area contributed by atoms with E-state index in [-0.39, 0.29) is 16.5 Å². The van der Waals surface area contributed by atoms with E-state index in [4.69, 9.17) is 10.7 Å². The molecule has 1 aliphatic carbocycles. The highest BCUT2D eigenvalue weighted by Crippen LogP contribution is 2.42. The average Bonchev–Trinajstić information content (AvgIpc) is 2.84. The second kappa shape index (κ2) is 3.88. The molecule has 1 heterocycles. The monoisotopic (exact) mass is 288 g/mol. The van der Waals surface area contributed by atoms with Crippen molar-refractivity contribution in [2.45, 2.75) is 36.4 Å². The fourth-order valence-corrected chi connectivity index (χ4v) is 2.57. The first-order chi connectivity index (χ1) is 7.67. The first kappa shape index (κ1) is 12.7. The van der Waals surface area contributed by atoms with Crippen molar-refractivity contribution in [2.24, 2.45) is 0 Å². The molecule has 0 unspecified atom stereocenters. The molecule has 1 aliphatic rings. The van der Waals surface area contributed by atoms with Gasteiger partial charge in [0, 0.05) is 22.8 Å². The number of aromatic nitrogens is 2. The van der Waals surface area contributed by atoms with Gasteiger partial charge in [-0.25, -0.2) is 8.42 Å². The third-order valence-corrected chi connectivity index (χ3v) is 3.66. The molecule has 0 atom stereocenters. The summed E-state index contributed by atoms with van der Waals surface area (Å²) in [7, 11) is 1.11. The lowest BCUT2D eigenvalue weighted by Crippen LogP contribution is -2.18. The van der Waals surface area contributed by atoms with Crippen molar-refractivity contribution >= 4 is 19.7 Å². The quantitative estimate of drug-likeness (QED) is 0.802. The standard InChI is InChI=1S/C8H8ClF3N2O2S/c9-17(15,16)6-3-14(4-8(10,11)12)13-7(6)5-1-2-5/h3,5H,1-2,4H2. The van der Waals surface area contributed by atoms with Gasteiger partial charge < -0.3 is 0 Å². The van der Waals surface area contributed by atoms with Crippen LogP contribution < -0.4 is 0 Å². The Balaban J connectivity index is 2.38. The first-order valence-electron chi connectivity index (χ1n) is 4.75. The Morgan fingerprint density at radius 1 is 1.47 bits per heavy atom. The third-order valence-electron chi connectivity index (χ3n) is 2.32. The lowest BCUT2D eigenvalue weighted by molar-refractivity contribution is -0.142. The Morgan fingerprint density at radius 3 is 2.47 bits per heavy atom. The Hall–Kier alpha value is -0.760. The van der Waals surface area contributed by atoms with E-state index in [1.807, 2.05) is 0 Å². The molecular weight excluding hydrogens is 281 g/mol. The predicted molar refractivity (Wildman–Crippen MR) is 53.3 cm³/mol. The van der Waals surface area contributed by atoms with Gasteiger partial charge in [0.1, 0.15) is 11.4 Å². The third kappa shape index (κ3) is 3.12. The van der Waals surface area contributed by atoms with Gasteiger partial charge in [0.15, 0.2) is 0 Å². The van der Waals surface area contributed by atoms with E-state index in [0.717, 1.165) is 19.0 Å². The van der Waals surface area contributed by atoms with Crippen molar-refractivity contribution < 1.29 is 21.6 Å². The summed E-state index contributed by atoms with van der Waals surface area (Å²) in [5, 5.41) is 3.66. The molecule has 1 aromatic rings. The molecular formula is C8H8ClF3N2O2S. The molecule has 0 amide bonds. The van der Waals surface area contributed by atoms with Gasteiger partial charge in [-0.15, -0.1) is 0 Å². The predicted octanol–water partition coefficient (Wildman–Crippen LogP) is 2.25. The molecule has 9 heteroatoms. The van der Waals surface area contributed by atoms with Crippen LogP contribution in [0.1, 0.15) is 24.5 Å². The largest absolute Gasteiger partial charge is 0.408 e. The minimum atomic E-state index is -4.44. The van der Waals surface area contributed by atoms with Crippen LogP contribution in [-0.2, 0) is 15.6 Å². The molecule has 2 rings (SSSR count). The summed E-state index contributed by atoms with van der Waals surface area (Å²) in [5.41, 5.74) is 0.143. The van der Waals surface area contributed by atoms with Gasteiger partial charge in [0.05, 0.1) is 5.69 Å². The van der Waals surface area contributed by atoms with Gasteiger partial charge in [-0.2, -0.15) is 18.3 Å². The van der Waals surface area contributed by atoms with Crippen molar-refractivity contribution in [2.75, 3.05) is 0 Å². The number of hydrogen-bond donors (Lipinski definition) is 0. The fourth-order valence-electron chi connectivity index (χ4n) is 1.51. The highest BCUT2D eigenvalue weighted by Gasteiger charge is 2.35. The molecule has 0 spiro atoms. The van der Waals surface area contributed by atoms with Crippen LogP contribution in [0.15, 0.2) is 11.1 Å². The molecule has 0 radical (unpaired) electrons. The van der Waals surface area contributed by atoms with E-state index < -0.39 is 21.8 Å². The molecule has 1 saturated carbocycles. The summed E-state index contributed by atoms with van der Waals surface area (Å²) >= 11 is 0. The molecule has 1 aromatic heterocycles. The molecule has 1 fully saturated rings. The number of hydrogen-bond acceptors (Lipinski definition) is 3. The number of rotatable bonds is 3. The summed E-state index contributed by atoms with van der Waals surface area (Å²) in [4.78, 5) is -0.314. The minimum absolute atomic E-state index is 0.0898. The highest BCUT2D eigenvalue weighted by molar-refractivity contribution is 8.13. The summed E-state index contributed by atoms with van der Waals surface area (Å²) in [6.45, 7) is -1.32. The van der Waals surface area contributed by atoms with E-state index in [2.05, 4.69) is 5.10 Å². The van der Waals surface area contributed by atoms with Crippen molar-refractivity contribution in [1.82, 2.24) is 9.78 Å². The van der Waals surface area contributed by atoms with Gasteiger partial charge in [0.2, 0.25) is 0 Å². The van der Waals surface area contributed by atoms with Crippen molar-refractivity contribution in [3.05, 3.63) is 11.9 Å². The normalized spacial score (nSPS) is 17.4. The molecule has 0 aromatic carbocycles. The maximum atomic E-state index is 12.2. The number of alkyl halides is 3.